The first-order valence-corrected chi connectivity index (χ1v) is 6.22. The molecule has 0 aromatic carbocycles. The van der Waals surface area contributed by atoms with Gasteiger partial charge in [-0.05, 0) is 32.8 Å². The van der Waals surface area contributed by atoms with Crippen LogP contribution in [-0.4, -0.2) is 40.5 Å². The van der Waals surface area contributed by atoms with Crippen molar-refractivity contribution in [1.82, 2.24) is 4.90 Å². The number of piperidine rings is 1. The van der Waals surface area contributed by atoms with E-state index in [0.717, 1.165) is 0 Å². The Morgan fingerprint density at radius 3 is 2.68 bits per heavy atom. The van der Waals surface area contributed by atoms with Crippen molar-refractivity contribution in [2.24, 2.45) is 5.73 Å². The Bertz CT molecular complexity index is 523. The summed E-state index contributed by atoms with van der Waals surface area (Å²) in [6.07, 6.45) is 0.830. The molecule has 2 heterocycles. The van der Waals surface area contributed by atoms with E-state index < -0.39 is 11.5 Å². The number of β-amino-alcohol motifs (C(OH)–C–C–N with tert-alkyl or cyclic N) is 1. The molecule has 1 aromatic rings. The molecule has 1 aliphatic heterocycles. The lowest BCUT2D eigenvalue weighted by molar-refractivity contribution is -0.140. The summed E-state index contributed by atoms with van der Waals surface area (Å²) in [5.74, 6) is 0.164. The van der Waals surface area contributed by atoms with Crippen molar-refractivity contribution in [1.29, 1.82) is 0 Å². The van der Waals surface area contributed by atoms with Crippen molar-refractivity contribution in [3.05, 3.63) is 23.2 Å². The highest BCUT2D eigenvalue weighted by Crippen LogP contribution is 2.24. The molecule has 1 atom stereocenters. The molecule has 0 bridgehead atoms. The highest BCUT2D eigenvalue weighted by Gasteiger charge is 2.40. The number of hydrogen-bond acceptors (Lipinski definition) is 4. The minimum atomic E-state index is -1.62. The van der Waals surface area contributed by atoms with Gasteiger partial charge in [0, 0.05) is 6.54 Å². The van der Waals surface area contributed by atoms with E-state index in [2.05, 4.69) is 0 Å². The molecule has 2 amide bonds. The van der Waals surface area contributed by atoms with Gasteiger partial charge in [-0.3, -0.25) is 9.59 Å². The van der Waals surface area contributed by atoms with Crippen molar-refractivity contribution < 1.29 is 19.1 Å². The van der Waals surface area contributed by atoms with E-state index in [4.69, 9.17) is 10.2 Å². The largest absolute Gasteiger partial charge is 0.466 e. The van der Waals surface area contributed by atoms with Crippen molar-refractivity contribution in [3.8, 4) is 0 Å². The highest BCUT2D eigenvalue weighted by atomic mass is 16.3. The van der Waals surface area contributed by atoms with E-state index in [1.807, 2.05) is 0 Å². The van der Waals surface area contributed by atoms with Gasteiger partial charge in [0.15, 0.2) is 5.60 Å². The van der Waals surface area contributed by atoms with E-state index in [0.29, 0.717) is 30.0 Å². The number of aryl methyl sites for hydroxylation is 2. The van der Waals surface area contributed by atoms with Gasteiger partial charge in [0.1, 0.15) is 11.5 Å². The third-order valence-corrected chi connectivity index (χ3v) is 3.49. The lowest BCUT2D eigenvalue weighted by Gasteiger charge is -2.36. The van der Waals surface area contributed by atoms with Crippen LogP contribution in [0.1, 0.15) is 34.7 Å². The van der Waals surface area contributed by atoms with E-state index in [9.17, 15) is 14.7 Å². The van der Waals surface area contributed by atoms with Crippen LogP contribution in [0.25, 0.3) is 0 Å². The predicted octanol–water partition coefficient (Wildman–Crippen LogP) is 0.349. The number of carbonyl (C=O) groups excluding carboxylic acids is 2. The maximum atomic E-state index is 12.3. The summed E-state index contributed by atoms with van der Waals surface area (Å²) in [5, 5.41) is 10.1. The van der Waals surface area contributed by atoms with Crippen molar-refractivity contribution in [2.75, 3.05) is 13.1 Å². The van der Waals surface area contributed by atoms with Gasteiger partial charge >= 0.3 is 0 Å². The van der Waals surface area contributed by atoms with Crippen molar-refractivity contribution in [2.45, 2.75) is 32.3 Å². The van der Waals surface area contributed by atoms with Crippen LogP contribution in [0, 0.1) is 13.8 Å². The summed E-state index contributed by atoms with van der Waals surface area (Å²) in [4.78, 5) is 25.1. The number of hydrogen-bond donors (Lipinski definition) is 2. The van der Waals surface area contributed by atoms with Crippen LogP contribution in [-0.2, 0) is 4.79 Å². The summed E-state index contributed by atoms with van der Waals surface area (Å²) >= 11 is 0. The zero-order chi connectivity index (χ0) is 14.2. The molecule has 104 valence electrons. The second-order valence-corrected chi connectivity index (χ2v) is 5.05. The van der Waals surface area contributed by atoms with E-state index >= 15 is 0 Å². The normalized spacial score (nSPS) is 23.4. The van der Waals surface area contributed by atoms with Crippen molar-refractivity contribution >= 4 is 11.8 Å². The minimum absolute atomic E-state index is 0.0646. The molecule has 6 nitrogen and oxygen atoms in total. The molecule has 1 fully saturated rings. The smallest absolute Gasteiger partial charge is 0.257 e. The predicted molar refractivity (Wildman–Crippen MR) is 67.5 cm³/mol. The van der Waals surface area contributed by atoms with E-state index in [1.54, 1.807) is 19.9 Å². The first-order chi connectivity index (χ1) is 8.83. The average molecular weight is 266 g/mol. The molecular weight excluding hydrogens is 248 g/mol. The van der Waals surface area contributed by atoms with Crippen molar-refractivity contribution in [3.63, 3.8) is 0 Å². The molecule has 1 aromatic heterocycles. The fourth-order valence-electron chi connectivity index (χ4n) is 2.42. The first-order valence-electron chi connectivity index (χ1n) is 6.22. The Labute approximate surface area is 111 Å². The number of furan rings is 1. The molecule has 6 heteroatoms. The fourth-order valence-corrected chi connectivity index (χ4v) is 2.42. The first kappa shape index (κ1) is 13.6. The van der Waals surface area contributed by atoms with Crippen LogP contribution in [0.15, 0.2) is 10.5 Å². The molecule has 0 saturated carbocycles. The Balaban J connectivity index is 2.20. The second-order valence-electron chi connectivity index (χ2n) is 5.05. The third-order valence-electron chi connectivity index (χ3n) is 3.49. The Kier molecular flexibility index (Phi) is 3.36. The molecule has 0 unspecified atom stereocenters. The molecule has 2 rings (SSSR count). The minimum Gasteiger partial charge on any atom is -0.466 e. The van der Waals surface area contributed by atoms with E-state index in [1.165, 1.54) is 4.90 Å². The van der Waals surface area contributed by atoms with Gasteiger partial charge in [-0.25, -0.2) is 0 Å². The molecule has 3 N–H and O–H groups in total. The highest BCUT2D eigenvalue weighted by molar-refractivity contribution is 5.96. The standard InChI is InChI=1S/C13H18N2O4/c1-8-6-10(9(2)19-8)11(16)15-5-3-4-13(18,7-15)12(14)17/h6,18H,3-5,7H2,1-2H3,(H2,14,17)/t13-/m1/s1. The molecule has 0 spiro atoms. The van der Waals surface area contributed by atoms with Gasteiger partial charge in [-0.2, -0.15) is 0 Å². The molecule has 0 radical (unpaired) electrons. The number of primary amides is 1. The van der Waals surface area contributed by atoms with Gasteiger partial charge in [0.2, 0.25) is 0 Å². The molecule has 19 heavy (non-hydrogen) atoms. The number of carbonyl (C=O) groups is 2. The zero-order valence-corrected chi connectivity index (χ0v) is 11.1. The second kappa shape index (κ2) is 4.70. The van der Waals surface area contributed by atoms with Crippen LogP contribution >= 0.6 is 0 Å². The van der Waals surface area contributed by atoms with Crippen LogP contribution < -0.4 is 5.73 Å². The summed E-state index contributed by atoms with van der Waals surface area (Å²) in [6.45, 7) is 3.91. The molecular formula is C13H18N2O4. The van der Waals surface area contributed by atoms with Gasteiger partial charge in [-0.15, -0.1) is 0 Å². The van der Waals surface area contributed by atoms with Crippen LogP contribution in [0.4, 0.5) is 0 Å². The number of rotatable bonds is 2. The van der Waals surface area contributed by atoms with E-state index in [-0.39, 0.29) is 18.9 Å². The Hall–Kier alpha value is -1.82. The zero-order valence-electron chi connectivity index (χ0n) is 11.1. The lowest BCUT2D eigenvalue weighted by Crippen LogP contribution is -2.57. The third kappa shape index (κ3) is 2.49. The number of aliphatic hydroxyl groups is 1. The Morgan fingerprint density at radius 1 is 1.47 bits per heavy atom. The molecule has 0 aliphatic carbocycles. The maximum Gasteiger partial charge on any atom is 0.257 e. The Morgan fingerprint density at radius 2 is 2.16 bits per heavy atom. The van der Waals surface area contributed by atoms with Gasteiger partial charge in [0.25, 0.3) is 11.8 Å². The summed E-state index contributed by atoms with van der Waals surface area (Å²) in [7, 11) is 0. The van der Waals surface area contributed by atoms with Crippen LogP contribution in [0.3, 0.4) is 0 Å². The van der Waals surface area contributed by atoms with Gasteiger partial charge < -0.3 is 20.2 Å². The number of likely N-dealkylation sites (tertiary alicyclic amines) is 1. The molecule has 1 aliphatic rings. The summed E-state index contributed by atoms with van der Waals surface area (Å²) in [6, 6.07) is 1.66. The number of amides is 2. The number of nitrogens with zero attached hydrogens (tertiary/aromatic N) is 1. The lowest BCUT2D eigenvalue weighted by atomic mass is 9.92. The monoisotopic (exact) mass is 266 g/mol. The SMILES string of the molecule is Cc1cc(C(=O)N2CCC[C@](O)(C(N)=O)C2)c(C)o1. The summed E-state index contributed by atoms with van der Waals surface area (Å²) < 4.78 is 5.32. The average Bonchev–Trinajstić information content (AvgIpc) is 2.67. The van der Waals surface area contributed by atoms with Crippen LogP contribution in [0.2, 0.25) is 0 Å². The van der Waals surface area contributed by atoms with Gasteiger partial charge in [0.05, 0.1) is 12.1 Å². The summed E-state index contributed by atoms with van der Waals surface area (Å²) in [5.41, 5.74) is 4.03. The van der Waals surface area contributed by atoms with Crippen LogP contribution in [0.5, 0.6) is 0 Å². The van der Waals surface area contributed by atoms with Gasteiger partial charge in [-0.1, -0.05) is 0 Å². The maximum absolute atomic E-state index is 12.3. The number of nitrogens with two attached hydrogens (primary N) is 1. The molecule has 1 saturated heterocycles. The topological polar surface area (TPSA) is 96.8 Å². The quantitative estimate of drug-likeness (QED) is 0.807. The fraction of sp³-hybridized carbons (Fsp3) is 0.538.